The second kappa shape index (κ2) is 30.4. The van der Waals surface area contributed by atoms with Crippen LogP contribution in [-0.4, -0.2) is 69.3 Å². The van der Waals surface area contributed by atoms with Crippen molar-refractivity contribution in [3.63, 3.8) is 0 Å². The van der Waals surface area contributed by atoms with Crippen LogP contribution in [0.2, 0.25) is 0 Å². The molecule has 0 aliphatic carbocycles. The van der Waals surface area contributed by atoms with Crippen molar-refractivity contribution in [3.8, 4) is 0 Å². The van der Waals surface area contributed by atoms with Crippen molar-refractivity contribution in [2.24, 2.45) is 5.73 Å². The largest absolute Gasteiger partial charge is 0.475 e. The van der Waals surface area contributed by atoms with E-state index in [4.69, 9.17) is 24.3 Å². The third-order valence-corrected chi connectivity index (χ3v) is 9.63. The van der Waals surface area contributed by atoms with Crippen LogP contribution in [0.4, 0.5) is 4.79 Å². The quantitative estimate of drug-likeness (QED) is 0.0296. The Morgan fingerprint density at radius 2 is 1.07 bits per heavy atom. The molecule has 0 rings (SSSR count). The number of primary amides is 1. The van der Waals surface area contributed by atoms with Gasteiger partial charge in [-0.3, -0.25) is 4.52 Å². The first kappa shape index (κ1) is 45.3. The fraction of sp³-hybridized carbons (Fsp3) is 0.972. The third kappa shape index (κ3) is 31.9. The number of hydrogen-bond donors (Lipinski definition) is 2. The van der Waals surface area contributed by atoms with Gasteiger partial charge in [0.05, 0.1) is 34.3 Å². The highest BCUT2D eigenvalue weighted by atomic mass is 31.2. The Bertz CT molecular complexity index is 736. The minimum absolute atomic E-state index is 0.0947. The van der Waals surface area contributed by atoms with Gasteiger partial charge in [0.2, 0.25) is 6.29 Å². The number of quaternary nitrogens is 1. The maximum atomic E-state index is 12.6. The SMILES string of the molecule is CCCCCCCCCCCCCCCCCCCC(OC)C(OC(N)=O)OP(=O)(O)OCCCCCCCCCC[N+](C)(C)C. The van der Waals surface area contributed by atoms with E-state index >= 15 is 0 Å². The van der Waals surface area contributed by atoms with Gasteiger partial charge in [-0.2, -0.15) is 0 Å². The van der Waals surface area contributed by atoms with Crippen molar-refractivity contribution in [3.05, 3.63) is 0 Å². The number of hydrogen-bond acceptors (Lipinski definition) is 6. The highest BCUT2D eigenvalue weighted by Gasteiger charge is 2.34. The molecule has 0 aliphatic heterocycles. The molecule has 0 radical (unpaired) electrons. The molecule has 0 fully saturated rings. The van der Waals surface area contributed by atoms with Crippen LogP contribution < -0.4 is 5.73 Å². The second-order valence-electron chi connectivity index (χ2n) is 14.3. The molecule has 276 valence electrons. The zero-order chi connectivity index (χ0) is 34.4. The number of nitrogens with two attached hydrogens (primary N) is 1. The van der Waals surface area contributed by atoms with Crippen LogP contribution in [0.1, 0.15) is 174 Å². The van der Waals surface area contributed by atoms with E-state index in [0.717, 1.165) is 43.0 Å². The third-order valence-electron chi connectivity index (χ3n) is 8.65. The Morgan fingerprint density at radius 1 is 0.674 bits per heavy atom. The van der Waals surface area contributed by atoms with E-state index < -0.39 is 26.3 Å². The molecule has 0 heterocycles. The number of methoxy groups -OCH3 is 1. The highest BCUT2D eigenvalue weighted by molar-refractivity contribution is 7.47. The summed E-state index contributed by atoms with van der Waals surface area (Å²) in [4.78, 5) is 21.8. The Labute approximate surface area is 284 Å². The number of phosphoric ester groups is 1. The molecule has 10 heteroatoms. The number of rotatable bonds is 35. The van der Waals surface area contributed by atoms with Gasteiger partial charge in [0.1, 0.15) is 6.10 Å². The average Bonchev–Trinajstić information content (AvgIpc) is 2.98. The van der Waals surface area contributed by atoms with Crippen LogP contribution in [0, 0.1) is 0 Å². The van der Waals surface area contributed by atoms with Gasteiger partial charge in [-0.15, -0.1) is 0 Å². The molecule has 3 atom stereocenters. The summed E-state index contributed by atoms with van der Waals surface area (Å²) in [5, 5.41) is 0. The van der Waals surface area contributed by atoms with Crippen molar-refractivity contribution in [2.45, 2.75) is 186 Å². The zero-order valence-corrected chi connectivity index (χ0v) is 31.7. The Morgan fingerprint density at radius 3 is 1.46 bits per heavy atom. The summed E-state index contributed by atoms with van der Waals surface area (Å²) in [6.07, 6.45) is 27.9. The predicted molar refractivity (Wildman–Crippen MR) is 191 cm³/mol. The lowest BCUT2D eigenvalue weighted by Gasteiger charge is -2.26. The van der Waals surface area contributed by atoms with Crippen LogP contribution in [0.5, 0.6) is 0 Å². The number of carbonyl (C=O) groups is 1. The molecule has 3 unspecified atom stereocenters. The van der Waals surface area contributed by atoms with E-state index in [0.29, 0.717) is 12.8 Å². The van der Waals surface area contributed by atoms with E-state index in [2.05, 4.69) is 28.1 Å². The molecule has 0 spiro atoms. The molecule has 9 nitrogen and oxygen atoms in total. The molecule has 0 aromatic heterocycles. The first-order valence-electron chi connectivity index (χ1n) is 19.0. The molecule has 0 bridgehead atoms. The van der Waals surface area contributed by atoms with Gasteiger partial charge in [0.15, 0.2) is 0 Å². The average molecular weight is 680 g/mol. The minimum Gasteiger partial charge on any atom is -0.416 e. The van der Waals surface area contributed by atoms with Crippen molar-refractivity contribution in [1.82, 2.24) is 0 Å². The van der Waals surface area contributed by atoms with Crippen LogP contribution in [0.15, 0.2) is 0 Å². The number of phosphoric acid groups is 1. The summed E-state index contributed by atoms with van der Waals surface area (Å²) in [6.45, 7) is 3.57. The number of ether oxygens (including phenoxy) is 2. The summed E-state index contributed by atoms with van der Waals surface area (Å²) in [5.41, 5.74) is 5.22. The molecule has 46 heavy (non-hydrogen) atoms. The number of unbranched alkanes of at least 4 members (excludes halogenated alkanes) is 23. The lowest BCUT2D eigenvalue weighted by Crippen LogP contribution is -2.36. The van der Waals surface area contributed by atoms with Crippen molar-refractivity contribution >= 4 is 13.9 Å². The fourth-order valence-corrected chi connectivity index (χ4v) is 6.67. The topological polar surface area (TPSA) is 117 Å². The first-order chi connectivity index (χ1) is 22.0. The normalized spacial score (nSPS) is 14.7. The van der Waals surface area contributed by atoms with E-state index in [1.165, 1.54) is 129 Å². The van der Waals surface area contributed by atoms with Crippen LogP contribution in [-0.2, 0) is 23.1 Å². The van der Waals surface area contributed by atoms with E-state index in [-0.39, 0.29) is 6.61 Å². The molecule has 0 aromatic rings. The molecule has 0 saturated heterocycles. The Balaban J connectivity index is 4.01. The van der Waals surface area contributed by atoms with Gasteiger partial charge in [-0.25, -0.2) is 13.9 Å². The molecule has 1 amide bonds. The summed E-state index contributed by atoms with van der Waals surface area (Å²) in [7, 11) is 3.69. The second-order valence-corrected chi connectivity index (χ2v) is 15.7. The maximum absolute atomic E-state index is 12.6. The number of nitrogens with zero attached hydrogens (tertiary/aromatic N) is 1. The van der Waals surface area contributed by atoms with Gasteiger partial charge in [0, 0.05) is 7.11 Å². The molecule has 3 N–H and O–H groups in total. The molecule has 0 saturated carbocycles. The van der Waals surface area contributed by atoms with Crippen LogP contribution >= 0.6 is 7.82 Å². The molecular formula is C36H76N2O7P+. The molecular weight excluding hydrogens is 603 g/mol. The number of amides is 1. The van der Waals surface area contributed by atoms with Gasteiger partial charge in [-0.1, -0.05) is 148 Å². The minimum atomic E-state index is -4.45. The van der Waals surface area contributed by atoms with Crippen molar-refractivity contribution in [1.29, 1.82) is 0 Å². The summed E-state index contributed by atoms with van der Waals surface area (Å²) in [6, 6.07) is 0. The molecule has 0 aromatic carbocycles. The van der Waals surface area contributed by atoms with Gasteiger partial charge in [0.25, 0.3) is 0 Å². The Kier molecular flexibility index (Phi) is 29.9. The van der Waals surface area contributed by atoms with E-state index in [1.54, 1.807) is 0 Å². The predicted octanol–water partition coefficient (Wildman–Crippen LogP) is 10.4. The van der Waals surface area contributed by atoms with Gasteiger partial charge >= 0.3 is 13.9 Å². The standard InChI is InChI=1S/C36H75N2O7P/c1-6-7-8-9-10-11-12-13-14-15-16-17-18-19-22-25-28-31-34(42-5)35(44-36(37)39)45-46(40,41)43-33-30-27-24-21-20-23-26-29-32-38(2,3)4/h34-35H,6-33H2,1-5H3,(H2-,37,39,40,41)/p+1. The zero-order valence-electron chi connectivity index (χ0n) is 30.8. The van der Waals surface area contributed by atoms with Gasteiger partial charge < -0.3 is 24.6 Å². The van der Waals surface area contributed by atoms with Crippen molar-refractivity contribution < 1.29 is 37.3 Å². The lowest BCUT2D eigenvalue weighted by atomic mass is 10.0. The van der Waals surface area contributed by atoms with Gasteiger partial charge in [-0.05, 0) is 25.7 Å². The highest BCUT2D eigenvalue weighted by Crippen LogP contribution is 2.46. The lowest BCUT2D eigenvalue weighted by molar-refractivity contribution is -0.870. The van der Waals surface area contributed by atoms with E-state index in [1.807, 2.05) is 0 Å². The monoisotopic (exact) mass is 680 g/mol. The summed E-state index contributed by atoms with van der Waals surface area (Å²) < 4.78 is 34.5. The van der Waals surface area contributed by atoms with E-state index in [9.17, 15) is 14.3 Å². The summed E-state index contributed by atoms with van der Waals surface area (Å²) >= 11 is 0. The Hall–Kier alpha value is -0.700. The molecule has 0 aliphatic rings. The smallest absolute Gasteiger partial charge is 0.416 e. The first-order valence-corrected chi connectivity index (χ1v) is 20.5. The van der Waals surface area contributed by atoms with Crippen LogP contribution in [0.3, 0.4) is 0 Å². The van der Waals surface area contributed by atoms with Crippen LogP contribution in [0.25, 0.3) is 0 Å². The maximum Gasteiger partial charge on any atom is 0.475 e. The number of carbonyl (C=O) groups excluding carboxylic acids is 1. The fourth-order valence-electron chi connectivity index (χ4n) is 5.81. The summed E-state index contributed by atoms with van der Waals surface area (Å²) in [5.74, 6) is 0. The van der Waals surface area contributed by atoms with Crippen molar-refractivity contribution in [2.75, 3.05) is 41.4 Å².